The second kappa shape index (κ2) is 2.31. The summed E-state index contributed by atoms with van der Waals surface area (Å²) in [6.07, 6.45) is 2.28. The molecule has 0 aromatic carbocycles. The highest BCUT2D eigenvalue weighted by Gasteiger charge is 2.01. The van der Waals surface area contributed by atoms with Crippen LogP contribution in [-0.2, 0) is 0 Å². The van der Waals surface area contributed by atoms with Gasteiger partial charge in [0.15, 0.2) is 0 Å². The van der Waals surface area contributed by atoms with Crippen molar-refractivity contribution in [2.45, 2.75) is 12.8 Å². The molecule has 8 heavy (non-hydrogen) atoms. The third kappa shape index (κ3) is 1.34. The maximum Gasteiger partial charge on any atom is -0.0218 e. The lowest BCUT2D eigenvalue weighted by atomic mass is 10.1. The van der Waals surface area contributed by atoms with Crippen molar-refractivity contribution in [2.75, 3.05) is 13.1 Å². The van der Waals surface area contributed by atoms with Crippen LogP contribution in [0.5, 0.6) is 0 Å². The summed E-state index contributed by atoms with van der Waals surface area (Å²) in [6, 6.07) is 0. The van der Waals surface area contributed by atoms with E-state index in [9.17, 15) is 0 Å². The third-order valence-electron chi connectivity index (χ3n) is 1.56. The van der Waals surface area contributed by atoms with Crippen LogP contribution >= 0.6 is 0 Å². The van der Waals surface area contributed by atoms with E-state index in [4.69, 9.17) is 0 Å². The van der Waals surface area contributed by atoms with Crippen molar-refractivity contribution in [1.29, 1.82) is 0 Å². The Hall–Kier alpha value is -0.300. The summed E-state index contributed by atoms with van der Waals surface area (Å²) >= 11 is 0. The molecule has 1 fully saturated rings. The standard InChI is InChI=1S/C7H12N/c1-7-3-5-8(2)6-4-7/h1-6H2/q-1. The zero-order valence-electron chi connectivity index (χ0n) is 5.19. The van der Waals surface area contributed by atoms with E-state index in [1.165, 1.54) is 5.57 Å². The number of rotatable bonds is 0. The fraction of sp³-hybridized carbons (Fsp3) is 0.571. The Morgan fingerprint density at radius 3 is 2.25 bits per heavy atom. The first-order chi connectivity index (χ1) is 3.79. The molecule has 46 valence electrons. The van der Waals surface area contributed by atoms with E-state index in [2.05, 4.69) is 18.5 Å². The maximum absolute atomic E-state index is 3.89. The third-order valence-corrected chi connectivity index (χ3v) is 1.56. The Bertz CT molecular complexity index is 86.6. The van der Waals surface area contributed by atoms with Gasteiger partial charge in [0.25, 0.3) is 0 Å². The summed E-state index contributed by atoms with van der Waals surface area (Å²) in [7, 11) is 3.82. The predicted molar refractivity (Wildman–Crippen MR) is 35.3 cm³/mol. The Morgan fingerprint density at radius 2 is 1.88 bits per heavy atom. The van der Waals surface area contributed by atoms with E-state index >= 15 is 0 Å². The number of hydrogen-bond acceptors (Lipinski definition) is 1. The van der Waals surface area contributed by atoms with Crippen molar-refractivity contribution in [1.82, 2.24) is 4.90 Å². The highest BCUT2D eigenvalue weighted by atomic mass is 15.1. The van der Waals surface area contributed by atoms with Crippen LogP contribution in [0.4, 0.5) is 0 Å². The topological polar surface area (TPSA) is 3.24 Å². The van der Waals surface area contributed by atoms with Gasteiger partial charge in [-0.05, 0) is 25.9 Å². The first kappa shape index (κ1) is 5.83. The van der Waals surface area contributed by atoms with Crippen LogP contribution in [0.1, 0.15) is 12.8 Å². The van der Waals surface area contributed by atoms with Gasteiger partial charge in [0.1, 0.15) is 0 Å². The van der Waals surface area contributed by atoms with Gasteiger partial charge >= 0.3 is 0 Å². The number of nitrogens with zero attached hydrogens (tertiary/aromatic N) is 1. The van der Waals surface area contributed by atoms with Gasteiger partial charge in [-0.3, -0.25) is 7.05 Å². The molecule has 0 N–H and O–H groups in total. The van der Waals surface area contributed by atoms with Crippen molar-refractivity contribution in [3.8, 4) is 0 Å². The zero-order chi connectivity index (χ0) is 5.98. The van der Waals surface area contributed by atoms with Gasteiger partial charge in [-0.25, -0.2) is 0 Å². The summed E-state index contributed by atoms with van der Waals surface area (Å²) in [5, 5.41) is 0. The smallest absolute Gasteiger partial charge is 0.0218 e. The monoisotopic (exact) mass is 110 g/mol. The van der Waals surface area contributed by atoms with Gasteiger partial charge in [-0.1, -0.05) is 12.2 Å². The second-order valence-corrected chi connectivity index (χ2v) is 2.37. The molecule has 0 aliphatic carbocycles. The molecular weight excluding hydrogens is 98.1 g/mol. The van der Waals surface area contributed by atoms with E-state index < -0.39 is 0 Å². The normalized spacial score (nSPS) is 23.9. The molecule has 0 spiro atoms. The summed E-state index contributed by atoms with van der Waals surface area (Å²) < 4.78 is 0. The van der Waals surface area contributed by atoms with Crippen LogP contribution in [0.15, 0.2) is 12.2 Å². The molecule has 1 heteroatoms. The van der Waals surface area contributed by atoms with E-state index in [0.717, 1.165) is 25.9 Å². The van der Waals surface area contributed by atoms with Crippen molar-refractivity contribution < 1.29 is 0 Å². The van der Waals surface area contributed by atoms with Crippen molar-refractivity contribution in [3.05, 3.63) is 19.2 Å². The molecule has 1 nitrogen and oxygen atoms in total. The molecule has 0 saturated carbocycles. The van der Waals surface area contributed by atoms with Crippen molar-refractivity contribution >= 4 is 0 Å². The Balaban J connectivity index is 2.29. The van der Waals surface area contributed by atoms with E-state index in [0.29, 0.717) is 0 Å². The summed E-state index contributed by atoms with van der Waals surface area (Å²) in [6.45, 7) is 6.09. The summed E-state index contributed by atoms with van der Waals surface area (Å²) in [4.78, 5) is 2.09. The van der Waals surface area contributed by atoms with Gasteiger partial charge in [-0.2, -0.15) is 0 Å². The minimum Gasteiger partial charge on any atom is -0.459 e. The highest BCUT2D eigenvalue weighted by Crippen LogP contribution is 2.11. The molecular formula is C7H12N-. The highest BCUT2D eigenvalue weighted by molar-refractivity contribution is 4.98. The molecule has 1 heterocycles. The molecule has 0 unspecified atom stereocenters. The fourth-order valence-corrected chi connectivity index (χ4v) is 0.869. The maximum atomic E-state index is 3.89. The Morgan fingerprint density at radius 1 is 1.38 bits per heavy atom. The molecule has 0 bridgehead atoms. The van der Waals surface area contributed by atoms with Crippen LogP contribution in [0, 0.1) is 7.05 Å². The van der Waals surface area contributed by atoms with Gasteiger partial charge in [0, 0.05) is 0 Å². The first-order valence-corrected chi connectivity index (χ1v) is 3.01. The summed E-state index contributed by atoms with van der Waals surface area (Å²) in [5.41, 5.74) is 1.38. The SMILES string of the molecule is C=C1CCN([CH2-])CC1. The fourth-order valence-electron chi connectivity index (χ4n) is 0.869. The average Bonchev–Trinajstić information content (AvgIpc) is 1.77. The quantitative estimate of drug-likeness (QED) is 0.337. The molecule has 1 saturated heterocycles. The van der Waals surface area contributed by atoms with Gasteiger partial charge in [0.05, 0.1) is 0 Å². The van der Waals surface area contributed by atoms with Gasteiger partial charge in [-0.15, -0.1) is 0 Å². The molecule has 1 rings (SSSR count). The minimum absolute atomic E-state index is 1.10. The lowest BCUT2D eigenvalue weighted by molar-refractivity contribution is 0.345. The van der Waals surface area contributed by atoms with E-state index in [1.54, 1.807) is 0 Å². The lowest BCUT2D eigenvalue weighted by Crippen LogP contribution is -2.23. The predicted octanol–water partition coefficient (Wildman–Crippen LogP) is 1.43. The molecule has 0 amide bonds. The zero-order valence-corrected chi connectivity index (χ0v) is 5.19. The van der Waals surface area contributed by atoms with Crippen LogP contribution in [0.2, 0.25) is 0 Å². The number of hydrogen-bond donors (Lipinski definition) is 0. The molecule has 1 aliphatic heterocycles. The van der Waals surface area contributed by atoms with E-state index in [-0.39, 0.29) is 0 Å². The van der Waals surface area contributed by atoms with Gasteiger partial charge < -0.3 is 4.90 Å². The molecule has 0 radical (unpaired) electrons. The largest absolute Gasteiger partial charge is 0.459 e. The van der Waals surface area contributed by atoms with Crippen LogP contribution in [0.3, 0.4) is 0 Å². The lowest BCUT2D eigenvalue weighted by Gasteiger charge is -2.30. The van der Waals surface area contributed by atoms with Crippen molar-refractivity contribution in [2.24, 2.45) is 0 Å². The van der Waals surface area contributed by atoms with Crippen LogP contribution in [-0.4, -0.2) is 18.0 Å². The van der Waals surface area contributed by atoms with Crippen LogP contribution < -0.4 is 0 Å². The number of likely N-dealkylation sites (tertiary alicyclic amines) is 1. The Labute approximate surface area is 51.0 Å². The molecule has 1 aliphatic rings. The minimum atomic E-state index is 1.10. The molecule has 0 aromatic rings. The average molecular weight is 110 g/mol. The molecule has 0 atom stereocenters. The number of piperidine rings is 1. The second-order valence-electron chi connectivity index (χ2n) is 2.37. The summed E-state index contributed by atoms with van der Waals surface area (Å²) in [5.74, 6) is 0. The Kier molecular flexibility index (Phi) is 1.69. The van der Waals surface area contributed by atoms with Crippen molar-refractivity contribution in [3.63, 3.8) is 0 Å². The molecule has 0 aromatic heterocycles. The first-order valence-electron chi connectivity index (χ1n) is 3.01. The van der Waals surface area contributed by atoms with Crippen LogP contribution in [0.25, 0.3) is 0 Å². The van der Waals surface area contributed by atoms with Gasteiger partial charge in [0.2, 0.25) is 0 Å². The van der Waals surface area contributed by atoms with E-state index in [1.807, 2.05) is 0 Å².